The van der Waals surface area contributed by atoms with Crippen LogP contribution in [0.1, 0.15) is 0 Å². The van der Waals surface area contributed by atoms with Gasteiger partial charge in [-0.15, -0.1) is 0 Å². The molecule has 0 bridgehead atoms. The number of likely N-dealkylation sites (N-methyl/N-ethyl adjacent to an activating group) is 1. The normalized spacial score (nSPS) is 10.9. The van der Waals surface area contributed by atoms with E-state index in [1.165, 1.54) is 0 Å². The molecule has 0 fully saturated rings. The Bertz CT molecular complexity index is 784. The average molecular weight is 533 g/mol. The Kier molecular flexibility index (Phi) is 8.28. The molecule has 1 N–H and O–H groups in total. The van der Waals surface area contributed by atoms with Gasteiger partial charge < -0.3 is 18.2 Å². The van der Waals surface area contributed by atoms with Crippen molar-refractivity contribution in [2.24, 2.45) is 0 Å². The first-order valence-electron chi connectivity index (χ1n) is 7.29. The largest absolute Gasteiger partial charge is 0.491 e. The van der Waals surface area contributed by atoms with Crippen LogP contribution in [0, 0.1) is 11.6 Å². The second kappa shape index (κ2) is 9.98. The van der Waals surface area contributed by atoms with E-state index < -0.39 is 11.6 Å². The Balaban J connectivity index is 2.15. The van der Waals surface area contributed by atoms with Gasteiger partial charge in [-0.1, -0.05) is 11.6 Å². The van der Waals surface area contributed by atoms with E-state index in [0.717, 1.165) is 24.6 Å². The van der Waals surface area contributed by atoms with E-state index in [1.807, 2.05) is 19.0 Å². The molecule has 0 aromatic heterocycles. The van der Waals surface area contributed by atoms with Crippen LogP contribution < -0.4 is 13.3 Å². The van der Waals surface area contributed by atoms with Crippen LogP contribution in [-0.2, 0) is 0 Å². The molecule has 142 valence electrons. The van der Waals surface area contributed by atoms with Crippen molar-refractivity contribution in [1.29, 1.82) is 0 Å². The number of hydrogen-bond donors (Lipinski definition) is 1. The van der Waals surface area contributed by atoms with Gasteiger partial charge in [0.05, 0.1) is 9.50 Å². The molecule has 0 atom stereocenters. The minimum absolute atomic E-state index is 0.00332. The van der Waals surface area contributed by atoms with Crippen molar-refractivity contribution < 1.29 is 17.3 Å². The smallest absolute Gasteiger partial charge is 0.190 e. The summed E-state index contributed by atoms with van der Waals surface area (Å²) in [6, 6.07) is 6.05. The standard InChI is InChI=1S/C16H15Br2ClF2N2O2S/c1-23(2)5-6-24-13-7-9(3-4-11(13)19)22-26-16-14(21)10(17)8-12(20)15(16)25-18/h3-4,7-8,22H,5-6H2,1-2H3. The van der Waals surface area contributed by atoms with E-state index in [4.69, 9.17) is 20.2 Å². The lowest BCUT2D eigenvalue weighted by molar-refractivity contribution is 0.261. The van der Waals surface area contributed by atoms with E-state index in [0.29, 0.717) is 23.1 Å². The van der Waals surface area contributed by atoms with Gasteiger partial charge in [0.25, 0.3) is 0 Å². The van der Waals surface area contributed by atoms with E-state index in [1.54, 1.807) is 18.2 Å². The maximum Gasteiger partial charge on any atom is 0.190 e. The van der Waals surface area contributed by atoms with E-state index in [2.05, 4.69) is 36.9 Å². The Hall–Kier alpha value is -0.740. The molecule has 0 aliphatic heterocycles. The predicted octanol–water partition coefficient (Wildman–Crippen LogP) is 6.13. The lowest BCUT2D eigenvalue weighted by Crippen LogP contribution is -2.19. The van der Waals surface area contributed by atoms with Gasteiger partial charge in [0.2, 0.25) is 0 Å². The number of ether oxygens (including phenoxy) is 1. The van der Waals surface area contributed by atoms with Crippen LogP contribution >= 0.6 is 55.7 Å². The van der Waals surface area contributed by atoms with Crippen molar-refractivity contribution in [3.63, 3.8) is 0 Å². The average Bonchev–Trinajstić information content (AvgIpc) is 2.58. The summed E-state index contributed by atoms with van der Waals surface area (Å²) in [5, 5.41) is 0.462. The van der Waals surface area contributed by atoms with Crippen LogP contribution in [-0.4, -0.2) is 32.1 Å². The quantitative estimate of drug-likeness (QED) is 0.327. The maximum atomic E-state index is 14.3. The van der Waals surface area contributed by atoms with Gasteiger partial charge in [-0.05, 0) is 60.2 Å². The van der Waals surface area contributed by atoms with Gasteiger partial charge in [0, 0.05) is 18.3 Å². The van der Waals surface area contributed by atoms with Gasteiger partial charge in [0.15, 0.2) is 33.6 Å². The molecular formula is C16H15Br2ClF2N2O2S. The molecule has 0 radical (unpaired) electrons. The molecule has 0 aliphatic rings. The molecule has 2 aromatic carbocycles. The van der Waals surface area contributed by atoms with Gasteiger partial charge in [-0.3, -0.25) is 0 Å². The van der Waals surface area contributed by atoms with Gasteiger partial charge in [0.1, 0.15) is 17.3 Å². The summed E-state index contributed by atoms with van der Waals surface area (Å²) in [6.45, 7) is 1.20. The Morgan fingerprint density at radius 1 is 1.27 bits per heavy atom. The van der Waals surface area contributed by atoms with E-state index >= 15 is 0 Å². The molecule has 2 aromatic rings. The van der Waals surface area contributed by atoms with Crippen LogP contribution in [0.25, 0.3) is 0 Å². The molecule has 26 heavy (non-hydrogen) atoms. The van der Waals surface area contributed by atoms with Crippen LogP contribution in [0.4, 0.5) is 14.5 Å². The minimum Gasteiger partial charge on any atom is -0.491 e. The Labute approximate surface area is 176 Å². The molecule has 0 heterocycles. The summed E-state index contributed by atoms with van der Waals surface area (Å²) in [6.07, 6.45) is 0. The first-order chi connectivity index (χ1) is 12.3. The molecule has 0 unspecified atom stereocenters. The fourth-order valence-corrected chi connectivity index (χ4v) is 3.75. The van der Waals surface area contributed by atoms with E-state index in [9.17, 15) is 8.78 Å². The van der Waals surface area contributed by atoms with Crippen LogP contribution in [0.15, 0.2) is 33.6 Å². The van der Waals surface area contributed by atoms with Crippen LogP contribution in [0.5, 0.6) is 11.5 Å². The Morgan fingerprint density at radius 2 is 2.00 bits per heavy atom. The van der Waals surface area contributed by atoms with Crippen LogP contribution in [0.2, 0.25) is 5.02 Å². The molecule has 2 rings (SSSR count). The summed E-state index contributed by atoms with van der Waals surface area (Å²) < 4.78 is 41.6. The first kappa shape index (κ1) is 21.6. The predicted molar refractivity (Wildman–Crippen MR) is 109 cm³/mol. The van der Waals surface area contributed by atoms with Crippen molar-refractivity contribution in [2.45, 2.75) is 4.90 Å². The van der Waals surface area contributed by atoms with Crippen molar-refractivity contribution in [3.05, 3.63) is 45.4 Å². The topological polar surface area (TPSA) is 33.7 Å². The SMILES string of the molecule is CN(C)CCOc1cc(NSc2c(F)c(Br)cc(F)c2OBr)ccc1Cl. The second-order valence-electron chi connectivity index (χ2n) is 5.39. The molecule has 0 spiro atoms. The summed E-state index contributed by atoms with van der Waals surface area (Å²) in [5.74, 6) is -1.10. The zero-order valence-electron chi connectivity index (χ0n) is 13.8. The third-order valence-corrected chi connectivity index (χ3v) is 5.28. The number of nitrogens with one attached hydrogen (secondary N) is 1. The van der Waals surface area contributed by atoms with Gasteiger partial charge in [-0.2, -0.15) is 0 Å². The van der Waals surface area contributed by atoms with Crippen LogP contribution in [0.3, 0.4) is 0 Å². The highest BCUT2D eigenvalue weighted by molar-refractivity contribution is 9.10. The van der Waals surface area contributed by atoms with Crippen molar-refractivity contribution in [3.8, 4) is 11.5 Å². The molecule has 0 aliphatic carbocycles. The highest BCUT2D eigenvalue weighted by Crippen LogP contribution is 2.40. The maximum absolute atomic E-state index is 14.3. The molecule has 4 nitrogen and oxygen atoms in total. The van der Waals surface area contributed by atoms with Crippen molar-refractivity contribution in [2.75, 3.05) is 32.0 Å². The number of anilines is 1. The number of benzene rings is 2. The molecule has 10 heteroatoms. The molecule has 0 amide bonds. The second-order valence-corrected chi connectivity index (χ2v) is 7.79. The zero-order chi connectivity index (χ0) is 19.3. The summed E-state index contributed by atoms with van der Waals surface area (Å²) in [5.41, 5.74) is 0.611. The summed E-state index contributed by atoms with van der Waals surface area (Å²) in [7, 11) is 3.88. The fourth-order valence-electron chi connectivity index (χ4n) is 1.85. The summed E-state index contributed by atoms with van der Waals surface area (Å²) >= 11 is 12.7. The molecule has 0 saturated carbocycles. The number of halogens is 5. The third-order valence-electron chi connectivity index (χ3n) is 3.16. The van der Waals surface area contributed by atoms with Gasteiger partial charge >= 0.3 is 0 Å². The van der Waals surface area contributed by atoms with Crippen molar-refractivity contribution in [1.82, 2.24) is 4.90 Å². The fraction of sp³-hybridized carbons (Fsp3) is 0.250. The molecular weight excluding hydrogens is 518 g/mol. The highest BCUT2D eigenvalue weighted by atomic mass is 79.9. The third kappa shape index (κ3) is 5.63. The zero-order valence-corrected chi connectivity index (χ0v) is 18.5. The number of hydrogen-bond acceptors (Lipinski definition) is 5. The van der Waals surface area contributed by atoms with E-state index in [-0.39, 0.29) is 15.1 Å². The molecule has 0 saturated heterocycles. The van der Waals surface area contributed by atoms with Gasteiger partial charge in [-0.25, -0.2) is 8.78 Å². The lowest BCUT2D eigenvalue weighted by Gasteiger charge is -2.14. The van der Waals surface area contributed by atoms with Crippen molar-refractivity contribution >= 4 is 61.4 Å². The first-order valence-corrected chi connectivity index (χ1v) is 9.93. The monoisotopic (exact) mass is 530 g/mol. The number of rotatable bonds is 8. The number of nitrogens with zero attached hydrogens (tertiary/aromatic N) is 1. The Morgan fingerprint density at radius 3 is 2.65 bits per heavy atom. The highest BCUT2D eigenvalue weighted by Gasteiger charge is 2.20. The minimum atomic E-state index is -0.705. The lowest BCUT2D eigenvalue weighted by atomic mass is 10.3. The summed E-state index contributed by atoms with van der Waals surface area (Å²) in [4.78, 5) is 1.94.